The minimum Gasteiger partial charge on any atom is -0.377 e. The van der Waals surface area contributed by atoms with E-state index < -0.39 is 11.4 Å². The van der Waals surface area contributed by atoms with E-state index >= 15 is 0 Å². The second-order valence-electron chi connectivity index (χ2n) is 12.9. The summed E-state index contributed by atoms with van der Waals surface area (Å²) in [7, 11) is 0. The van der Waals surface area contributed by atoms with E-state index in [1.807, 2.05) is 0 Å². The Morgan fingerprint density at radius 3 is 2.66 bits per heavy atom. The normalized spacial score (nSPS) is 21.0. The number of amides is 1. The molecule has 1 aromatic carbocycles. The number of rotatable bonds is 5. The van der Waals surface area contributed by atoms with Gasteiger partial charge >= 0.3 is 0 Å². The molecule has 0 saturated heterocycles. The molecule has 216 valence electrons. The Hall–Kier alpha value is -3.10. The molecule has 0 radical (unpaired) electrons. The highest BCUT2D eigenvalue weighted by Gasteiger charge is 2.44. The van der Waals surface area contributed by atoms with Gasteiger partial charge in [-0.25, -0.2) is 9.37 Å². The second kappa shape index (κ2) is 9.73. The molecular weight excluding hydrogens is 545 g/mol. The quantitative estimate of drug-likeness (QED) is 0.318. The van der Waals surface area contributed by atoms with Crippen molar-refractivity contribution in [3.8, 4) is 11.4 Å². The fourth-order valence-electron chi connectivity index (χ4n) is 6.93. The number of aryl methyl sites for hydroxylation is 1. The Kier molecular flexibility index (Phi) is 6.66. The molecule has 1 aliphatic heterocycles. The van der Waals surface area contributed by atoms with Crippen LogP contribution >= 0.6 is 11.6 Å². The average Bonchev–Trinajstić information content (AvgIpc) is 3.28. The van der Waals surface area contributed by atoms with E-state index in [1.54, 1.807) is 17.6 Å². The molecule has 0 bridgehead atoms. The average molecular weight is 580 g/mol. The lowest BCUT2D eigenvalue weighted by Crippen LogP contribution is -2.43. The Balaban J connectivity index is 1.51. The first kappa shape index (κ1) is 28.0. The van der Waals surface area contributed by atoms with Gasteiger partial charge in [0.1, 0.15) is 11.4 Å². The van der Waals surface area contributed by atoms with E-state index in [0.717, 1.165) is 29.4 Å². The van der Waals surface area contributed by atoms with Gasteiger partial charge in [-0.05, 0) is 61.1 Å². The molecule has 2 atom stereocenters. The van der Waals surface area contributed by atoms with E-state index in [1.165, 1.54) is 6.07 Å². The lowest BCUT2D eigenvalue weighted by molar-refractivity contribution is -0.140. The van der Waals surface area contributed by atoms with Gasteiger partial charge in [0.2, 0.25) is 5.91 Å². The second-order valence-corrected chi connectivity index (χ2v) is 13.3. The van der Waals surface area contributed by atoms with Crippen molar-refractivity contribution >= 4 is 34.2 Å². The third-order valence-electron chi connectivity index (χ3n) is 9.09. The number of halogens is 2. The zero-order valence-corrected chi connectivity index (χ0v) is 24.7. The standard InChI is InChI=1S/C32H35ClFN3O4/c1-5-32(41)19-13-23-29-18(15-37(23)30(40)16(19)9-11-24(32)38)27-21(35-25(39)7-6-12-31(2,3)4)10-8-17-26(27)22(36-29)14-20(34)28(17)33/h13-14,21,41H,5-12,15H2,1-4H3,(H,35,39)/t21-,32-/m0/s1. The molecule has 6 rings (SSSR count). The van der Waals surface area contributed by atoms with Gasteiger partial charge in [-0.15, -0.1) is 0 Å². The highest BCUT2D eigenvalue weighted by molar-refractivity contribution is 6.32. The number of fused-ring (bicyclic) bond motifs is 5. The number of aromatic nitrogens is 2. The fraction of sp³-hybridized carbons (Fsp3) is 0.500. The van der Waals surface area contributed by atoms with Crippen molar-refractivity contribution in [2.45, 2.75) is 97.2 Å². The summed E-state index contributed by atoms with van der Waals surface area (Å²) in [5.41, 5.74) is 2.60. The molecule has 2 aliphatic carbocycles. The predicted octanol–water partition coefficient (Wildman–Crippen LogP) is 5.65. The number of carbonyl (C=O) groups excluding carboxylic acids is 2. The van der Waals surface area contributed by atoms with Gasteiger partial charge < -0.3 is 15.0 Å². The summed E-state index contributed by atoms with van der Waals surface area (Å²) >= 11 is 6.45. The minimum absolute atomic E-state index is 0.0516. The van der Waals surface area contributed by atoms with Crippen LogP contribution < -0.4 is 10.9 Å². The van der Waals surface area contributed by atoms with Gasteiger partial charge in [0.25, 0.3) is 5.56 Å². The van der Waals surface area contributed by atoms with Crippen molar-refractivity contribution in [3.63, 3.8) is 0 Å². The molecule has 3 heterocycles. The third kappa shape index (κ3) is 4.41. The number of nitrogens with one attached hydrogen (secondary N) is 1. The SMILES string of the molecule is CC[C@@]1(O)C(=O)CCc2c1cc1n(c2=O)Cc2c-1nc1cc(F)c(Cl)c3c1c2[C@@H](NC(=O)CCCC(C)(C)C)CC3. The van der Waals surface area contributed by atoms with Crippen LogP contribution in [0, 0.1) is 11.2 Å². The number of carbonyl (C=O) groups is 2. The van der Waals surface area contributed by atoms with Crippen LogP contribution in [-0.2, 0) is 34.6 Å². The zero-order valence-electron chi connectivity index (χ0n) is 23.9. The van der Waals surface area contributed by atoms with Gasteiger partial charge in [-0.2, -0.15) is 0 Å². The number of hydrogen-bond donors (Lipinski definition) is 2. The van der Waals surface area contributed by atoms with Crippen molar-refractivity contribution in [3.05, 3.63) is 61.1 Å². The topological polar surface area (TPSA) is 101 Å². The van der Waals surface area contributed by atoms with Gasteiger partial charge in [0, 0.05) is 41.0 Å². The summed E-state index contributed by atoms with van der Waals surface area (Å²) in [6.07, 6.45) is 3.65. The Morgan fingerprint density at radius 1 is 1.20 bits per heavy atom. The zero-order chi connectivity index (χ0) is 29.4. The maximum absolute atomic E-state index is 15.0. The fourth-order valence-corrected chi connectivity index (χ4v) is 7.17. The number of hydrogen-bond acceptors (Lipinski definition) is 5. The summed E-state index contributed by atoms with van der Waals surface area (Å²) < 4.78 is 16.6. The molecule has 7 nitrogen and oxygen atoms in total. The predicted molar refractivity (Wildman–Crippen MR) is 156 cm³/mol. The van der Waals surface area contributed by atoms with Crippen LogP contribution in [0.4, 0.5) is 4.39 Å². The number of pyridine rings is 2. The molecular formula is C32H35ClFN3O4. The Bertz CT molecular complexity index is 1710. The lowest BCUT2D eigenvalue weighted by Gasteiger charge is -2.32. The third-order valence-corrected chi connectivity index (χ3v) is 9.49. The van der Waals surface area contributed by atoms with Crippen LogP contribution in [0.3, 0.4) is 0 Å². The molecule has 3 aromatic rings. The highest BCUT2D eigenvalue weighted by atomic mass is 35.5. The molecule has 3 aliphatic rings. The monoisotopic (exact) mass is 579 g/mol. The summed E-state index contributed by atoms with van der Waals surface area (Å²) in [6.45, 7) is 8.41. The van der Waals surface area contributed by atoms with Crippen molar-refractivity contribution in [1.82, 2.24) is 14.9 Å². The summed E-state index contributed by atoms with van der Waals surface area (Å²) in [5, 5.41) is 15.3. The van der Waals surface area contributed by atoms with Gasteiger partial charge in [0.05, 0.1) is 34.5 Å². The number of benzene rings is 1. The molecule has 41 heavy (non-hydrogen) atoms. The van der Waals surface area contributed by atoms with Crippen molar-refractivity contribution < 1.29 is 19.1 Å². The molecule has 2 N–H and O–H groups in total. The molecule has 0 spiro atoms. The van der Waals surface area contributed by atoms with Crippen molar-refractivity contribution in [1.29, 1.82) is 0 Å². The van der Waals surface area contributed by atoms with Gasteiger partial charge in [-0.3, -0.25) is 14.4 Å². The van der Waals surface area contributed by atoms with Crippen LogP contribution in [0.5, 0.6) is 0 Å². The lowest BCUT2D eigenvalue weighted by atomic mass is 9.77. The maximum Gasteiger partial charge on any atom is 0.254 e. The van der Waals surface area contributed by atoms with E-state index in [0.29, 0.717) is 52.9 Å². The first-order chi connectivity index (χ1) is 19.3. The van der Waals surface area contributed by atoms with Crippen LogP contribution in [0.2, 0.25) is 5.02 Å². The van der Waals surface area contributed by atoms with Gasteiger partial charge in [-0.1, -0.05) is 39.3 Å². The highest BCUT2D eigenvalue weighted by Crippen LogP contribution is 2.47. The van der Waals surface area contributed by atoms with Crippen LogP contribution in [0.25, 0.3) is 22.3 Å². The summed E-state index contributed by atoms with van der Waals surface area (Å²) in [4.78, 5) is 44.5. The molecule has 1 amide bonds. The van der Waals surface area contributed by atoms with Crippen molar-refractivity contribution in [2.75, 3.05) is 0 Å². The van der Waals surface area contributed by atoms with Crippen LogP contribution in [0.15, 0.2) is 16.9 Å². The van der Waals surface area contributed by atoms with E-state index in [-0.39, 0.29) is 59.5 Å². The maximum atomic E-state index is 15.0. The number of ketones is 1. The molecule has 2 aromatic heterocycles. The van der Waals surface area contributed by atoms with E-state index in [4.69, 9.17) is 16.6 Å². The Morgan fingerprint density at radius 2 is 1.95 bits per heavy atom. The molecule has 0 saturated carbocycles. The smallest absolute Gasteiger partial charge is 0.254 e. The molecule has 9 heteroatoms. The first-order valence-corrected chi connectivity index (χ1v) is 14.9. The van der Waals surface area contributed by atoms with Crippen LogP contribution in [0.1, 0.15) is 100 Å². The Labute approximate surface area is 243 Å². The van der Waals surface area contributed by atoms with Crippen molar-refractivity contribution in [2.24, 2.45) is 5.41 Å². The van der Waals surface area contributed by atoms with E-state index in [9.17, 15) is 23.9 Å². The summed E-state index contributed by atoms with van der Waals surface area (Å²) in [5.74, 6) is -0.916. The van der Waals surface area contributed by atoms with E-state index in [2.05, 4.69) is 26.1 Å². The molecule has 0 fully saturated rings. The van der Waals surface area contributed by atoms with Crippen LogP contribution in [-0.4, -0.2) is 26.3 Å². The summed E-state index contributed by atoms with van der Waals surface area (Å²) in [6, 6.07) is 2.67. The number of aliphatic hydroxyl groups is 1. The number of Topliss-reactive ketones (excluding diaryl/α,β-unsaturated/α-hetero) is 1. The number of nitrogens with zero attached hydrogens (tertiary/aromatic N) is 2. The minimum atomic E-state index is -1.73. The largest absolute Gasteiger partial charge is 0.377 e. The van der Waals surface area contributed by atoms with Gasteiger partial charge in [0.15, 0.2) is 5.78 Å². The first-order valence-electron chi connectivity index (χ1n) is 14.5. The molecule has 0 unspecified atom stereocenters.